The molecule has 0 unspecified atom stereocenters. The number of carbonyl (C=O) groups excluding carboxylic acids is 1. The van der Waals surface area contributed by atoms with E-state index in [0.717, 1.165) is 11.3 Å². The van der Waals surface area contributed by atoms with Crippen LogP contribution in [0.2, 0.25) is 0 Å². The van der Waals surface area contributed by atoms with E-state index in [0.29, 0.717) is 23.9 Å². The molecule has 136 valence electrons. The summed E-state index contributed by atoms with van der Waals surface area (Å²) in [6.07, 6.45) is 3.03. The van der Waals surface area contributed by atoms with Crippen LogP contribution in [-0.2, 0) is 9.53 Å². The van der Waals surface area contributed by atoms with Gasteiger partial charge in [0.2, 0.25) is 6.79 Å². The maximum Gasteiger partial charge on any atom is 0.330 e. The molecule has 0 aromatic heterocycles. The van der Waals surface area contributed by atoms with Crippen molar-refractivity contribution in [2.24, 2.45) is 0 Å². The Labute approximate surface area is 151 Å². The molecule has 0 fully saturated rings. The second kappa shape index (κ2) is 8.80. The third-order valence-electron chi connectivity index (χ3n) is 3.54. The zero-order valence-corrected chi connectivity index (χ0v) is 14.5. The van der Waals surface area contributed by atoms with Gasteiger partial charge in [0.05, 0.1) is 6.61 Å². The molecule has 6 heteroatoms. The van der Waals surface area contributed by atoms with E-state index < -0.39 is 5.97 Å². The standard InChI is InChI=1S/C20H20O6/c1-2-22-16-5-7-17(8-6-16)23-11-12-24-20(21)10-4-15-3-9-18-19(13-15)26-14-25-18/h3-10,13H,2,11-12,14H2,1H3/b10-4+. The van der Waals surface area contributed by atoms with Crippen LogP contribution in [0.15, 0.2) is 48.5 Å². The molecule has 0 amide bonds. The highest BCUT2D eigenvalue weighted by atomic mass is 16.7. The first-order valence-corrected chi connectivity index (χ1v) is 8.35. The Morgan fingerprint density at radius 1 is 1.00 bits per heavy atom. The number of ether oxygens (including phenoxy) is 5. The van der Waals surface area contributed by atoms with Crippen molar-refractivity contribution in [3.8, 4) is 23.0 Å². The number of rotatable bonds is 8. The van der Waals surface area contributed by atoms with Crippen molar-refractivity contribution < 1.29 is 28.5 Å². The molecule has 1 aliphatic heterocycles. The summed E-state index contributed by atoms with van der Waals surface area (Å²) in [5.41, 5.74) is 0.830. The molecular weight excluding hydrogens is 336 g/mol. The molecule has 1 aliphatic rings. The van der Waals surface area contributed by atoms with Crippen molar-refractivity contribution >= 4 is 12.0 Å². The normalized spacial score (nSPS) is 12.2. The minimum Gasteiger partial charge on any atom is -0.494 e. The summed E-state index contributed by atoms with van der Waals surface area (Å²) in [5, 5.41) is 0. The van der Waals surface area contributed by atoms with Crippen LogP contribution in [0, 0.1) is 0 Å². The van der Waals surface area contributed by atoms with Crippen molar-refractivity contribution in [2.75, 3.05) is 26.6 Å². The van der Waals surface area contributed by atoms with Gasteiger partial charge in [0.15, 0.2) is 11.5 Å². The van der Waals surface area contributed by atoms with E-state index in [4.69, 9.17) is 23.7 Å². The molecule has 0 saturated carbocycles. The van der Waals surface area contributed by atoms with Gasteiger partial charge in [0.1, 0.15) is 24.7 Å². The van der Waals surface area contributed by atoms with Gasteiger partial charge in [0.25, 0.3) is 0 Å². The highest BCUT2D eigenvalue weighted by Gasteiger charge is 2.12. The van der Waals surface area contributed by atoms with Gasteiger partial charge in [-0.15, -0.1) is 0 Å². The second-order valence-electron chi connectivity index (χ2n) is 5.37. The zero-order chi connectivity index (χ0) is 18.2. The lowest BCUT2D eigenvalue weighted by atomic mass is 10.2. The number of carbonyl (C=O) groups is 1. The third kappa shape index (κ3) is 4.92. The lowest BCUT2D eigenvalue weighted by Gasteiger charge is -2.07. The van der Waals surface area contributed by atoms with E-state index in [1.165, 1.54) is 6.08 Å². The first-order valence-electron chi connectivity index (χ1n) is 8.35. The highest BCUT2D eigenvalue weighted by Crippen LogP contribution is 2.32. The van der Waals surface area contributed by atoms with E-state index in [-0.39, 0.29) is 20.0 Å². The van der Waals surface area contributed by atoms with Crippen molar-refractivity contribution in [3.05, 3.63) is 54.1 Å². The Bertz CT molecular complexity index is 766. The second-order valence-corrected chi connectivity index (χ2v) is 5.37. The maximum atomic E-state index is 11.7. The van der Waals surface area contributed by atoms with Crippen molar-refractivity contribution in [3.63, 3.8) is 0 Å². The van der Waals surface area contributed by atoms with Gasteiger partial charge >= 0.3 is 5.97 Å². The number of hydrogen-bond acceptors (Lipinski definition) is 6. The molecule has 1 heterocycles. The minimum absolute atomic E-state index is 0.164. The Hall–Kier alpha value is -3.15. The fourth-order valence-electron chi connectivity index (χ4n) is 2.33. The van der Waals surface area contributed by atoms with Crippen LogP contribution in [-0.4, -0.2) is 32.6 Å². The van der Waals surface area contributed by atoms with Gasteiger partial charge in [-0.05, 0) is 55.0 Å². The van der Waals surface area contributed by atoms with E-state index >= 15 is 0 Å². The minimum atomic E-state index is -0.432. The summed E-state index contributed by atoms with van der Waals surface area (Å²) in [6.45, 7) is 3.21. The Kier molecular flexibility index (Phi) is 5.98. The van der Waals surface area contributed by atoms with Gasteiger partial charge in [-0.25, -0.2) is 4.79 Å². The summed E-state index contributed by atoms with van der Waals surface area (Å²) < 4.78 is 26.5. The average Bonchev–Trinajstić information content (AvgIpc) is 3.13. The van der Waals surface area contributed by atoms with Crippen molar-refractivity contribution in [1.29, 1.82) is 0 Å². The molecule has 0 atom stereocenters. The Morgan fingerprint density at radius 3 is 2.50 bits per heavy atom. The van der Waals surface area contributed by atoms with Gasteiger partial charge in [0, 0.05) is 6.08 Å². The summed E-state index contributed by atoms with van der Waals surface area (Å²) in [6, 6.07) is 12.7. The molecule has 2 aromatic rings. The van der Waals surface area contributed by atoms with E-state index in [1.54, 1.807) is 18.2 Å². The molecule has 0 N–H and O–H groups in total. The van der Waals surface area contributed by atoms with Crippen LogP contribution in [0.25, 0.3) is 6.08 Å². The summed E-state index contributed by atoms with van der Waals surface area (Å²) in [4.78, 5) is 11.7. The van der Waals surface area contributed by atoms with Crippen molar-refractivity contribution in [1.82, 2.24) is 0 Å². The van der Waals surface area contributed by atoms with Gasteiger partial charge < -0.3 is 23.7 Å². The molecule has 6 nitrogen and oxygen atoms in total. The van der Waals surface area contributed by atoms with Crippen LogP contribution in [0.1, 0.15) is 12.5 Å². The fraction of sp³-hybridized carbons (Fsp3) is 0.250. The number of hydrogen-bond donors (Lipinski definition) is 0. The topological polar surface area (TPSA) is 63.2 Å². The number of fused-ring (bicyclic) bond motifs is 1. The van der Waals surface area contributed by atoms with Crippen LogP contribution in [0.4, 0.5) is 0 Å². The van der Waals surface area contributed by atoms with E-state index in [2.05, 4.69) is 0 Å². The molecule has 3 rings (SSSR count). The first-order chi connectivity index (χ1) is 12.7. The smallest absolute Gasteiger partial charge is 0.330 e. The molecule has 0 bridgehead atoms. The van der Waals surface area contributed by atoms with Gasteiger partial charge in [-0.3, -0.25) is 0 Å². The highest BCUT2D eigenvalue weighted by molar-refractivity contribution is 5.87. The summed E-state index contributed by atoms with van der Waals surface area (Å²) in [7, 11) is 0. The molecule has 0 spiro atoms. The summed E-state index contributed by atoms with van der Waals surface area (Å²) in [5.74, 6) is 2.43. The van der Waals surface area contributed by atoms with E-state index in [9.17, 15) is 4.79 Å². The monoisotopic (exact) mass is 356 g/mol. The molecule has 0 aliphatic carbocycles. The Morgan fingerprint density at radius 2 is 1.73 bits per heavy atom. The zero-order valence-electron chi connectivity index (χ0n) is 14.5. The van der Waals surface area contributed by atoms with Crippen molar-refractivity contribution in [2.45, 2.75) is 6.92 Å². The first kappa shape index (κ1) is 17.7. The van der Waals surface area contributed by atoms with Crippen LogP contribution in [0.3, 0.4) is 0 Å². The fourth-order valence-corrected chi connectivity index (χ4v) is 2.33. The predicted octanol–water partition coefficient (Wildman–Crippen LogP) is 3.45. The van der Waals surface area contributed by atoms with Crippen LogP contribution < -0.4 is 18.9 Å². The number of esters is 1. The number of benzene rings is 2. The molecule has 0 radical (unpaired) electrons. The van der Waals surface area contributed by atoms with Crippen LogP contribution in [0.5, 0.6) is 23.0 Å². The lowest BCUT2D eigenvalue weighted by Crippen LogP contribution is -2.10. The molecule has 2 aromatic carbocycles. The SMILES string of the molecule is CCOc1ccc(OCCOC(=O)/C=C/c2ccc3c(c2)OCO3)cc1. The van der Waals surface area contributed by atoms with Crippen LogP contribution >= 0.6 is 0 Å². The Balaban J connectivity index is 1.38. The predicted molar refractivity (Wildman–Crippen MR) is 95.7 cm³/mol. The molecule has 26 heavy (non-hydrogen) atoms. The van der Waals surface area contributed by atoms with Gasteiger partial charge in [-0.2, -0.15) is 0 Å². The van der Waals surface area contributed by atoms with Gasteiger partial charge in [-0.1, -0.05) is 6.07 Å². The van der Waals surface area contributed by atoms with E-state index in [1.807, 2.05) is 37.3 Å². The summed E-state index contributed by atoms with van der Waals surface area (Å²) >= 11 is 0. The largest absolute Gasteiger partial charge is 0.494 e. The third-order valence-corrected chi connectivity index (χ3v) is 3.54. The quantitative estimate of drug-likeness (QED) is 0.410. The maximum absolute atomic E-state index is 11.7. The molecular formula is C20H20O6. The average molecular weight is 356 g/mol. The lowest BCUT2D eigenvalue weighted by molar-refractivity contribution is -0.138. The molecule has 0 saturated heterocycles.